The second kappa shape index (κ2) is 2.85. The highest BCUT2D eigenvalue weighted by Gasteiger charge is 2.59. The minimum Gasteiger partial charge on any atom is -0.388 e. The lowest BCUT2D eigenvalue weighted by Gasteiger charge is -2.48. The Labute approximate surface area is 77.5 Å². The summed E-state index contributed by atoms with van der Waals surface area (Å²) in [4.78, 5) is 0. The van der Waals surface area contributed by atoms with E-state index in [2.05, 4.69) is 0 Å². The first-order valence-corrected chi connectivity index (χ1v) is 3.69. The summed E-state index contributed by atoms with van der Waals surface area (Å²) in [5.74, 6) is -2.69. The fraction of sp³-hybridized carbons (Fsp3) is 1.00. The first kappa shape index (κ1) is 8.06. The van der Waals surface area contributed by atoms with Crippen LogP contribution in [0.5, 0.6) is 0 Å². The number of hydrogen-bond acceptors (Lipinski definition) is 7. The molecule has 0 aromatic heterocycles. The van der Waals surface area contributed by atoms with Gasteiger partial charge in [0.05, 0.1) is 6.10 Å². The van der Waals surface area contributed by atoms with Gasteiger partial charge in [0.2, 0.25) is 5.72 Å². The summed E-state index contributed by atoms with van der Waals surface area (Å²) in [5.41, 5.74) is 0.236. The summed E-state index contributed by atoms with van der Waals surface area (Å²) < 4.78 is 18.3. The molecule has 0 bridgehead atoms. The Morgan fingerprint density at radius 1 is 1.38 bits per heavy atom. The van der Waals surface area contributed by atoms with Gasteiger partial charge < -0.3 is 25.2 Å². The molecule has 1 unspecified atom stereocenters. The minimum atomic E-state index is -2.71. The van der Waals surface area contributed by atoms with Gasteiger partial charge in [0.15, 0.2) is 0 Å². The third kappa shape index (κ3) is 1.44. The SMILES string of the molecule is [2H]NC1(O)O[C@@H](C)[C@@H](O)[C@@H](O)[C@@]1(O)N[2H]. The van der Waals surface area contributed by atoms with Crippen LogP contribution in [0.4, 0.5) is 0 Å². The molecule has 1 aliphatic rings. The van der Waals surface area contributed by atoms with E-state index in [0.717, 1.165) is 0 Å². The molecule has 5 atom stereocenters. The van der Waals surface area contributed by atoms with Crippen molar-refractivity contribution in [2.24, 2.45) is 11.5 Å². The summed E-state index contributed by atoms with van der Waals surface area (Å²) in [6.07, 6.45) is -4.40. The van der Waals surface area contributed by atoms with Gasteiger partial charge in [0, 0.05) is 0 Å². The maximum atomic E-state index is 9.69. The van der Waals surface area contributed by atoms with Gasteiger partial charge in [-0.2, -0.15) is 0 Å². The van der Waals surface area contributed by atoms with Crippen LogP contribution in [0.25, 0.3) is 0 Å². The molecule has 0 aromatic rings. The van der Waals surface area contributed by atoms with E-state index in [1.807, 2.05) is 0 Å². The molecule has 1 aliphatic heterocycles. The van der Waals surface area contributed by atoms with Crippen molar-refractivity contribution in [3.63, 3.8) is 0 Å². The van der Waals surface area contributed by atoms with E-state index in [9.17, 15) is 20.4 Å². The lowest BCUT2D eigenvalue weighted by atomic mass is 9.92. The lowest BCUT2D eigenvalue weighted by Crippen LogP contribution is -2.79. The van der Waals surface area contributed by atoms with Gasteiger partial charge in [0.1, 0.15) is 15.0 Å². The molecule has 7 nitrogen and oxygen atoms in total. The molecule has 0 saturated carbocycles. The molecule has 0 spiro atoms. The van der Waals surface area contributed by atoms with Gasteiger partial charge in [-0.05, 0) is 6.92 Å². The van der Waals surface area contributed by atoms with E-state index in [1.54, 1.807) is 0 Å². The molecule has 0 aromatic carbocycles. The first-order valence-electron chi connectivity index (χ1n) is 4.69. The van der Waals surface area contributed by atoms with Gasteiger partial charge in [-0.1, -0.05) is 0 Å². The third-order valence-electron chi connectivity index (χ3n) is 2.11. The summed E-state index contributed by atoms with van der Waals surface area (Å²) in [6.45, 7) is 1.33. The van der Waals surface area contributed by atoms with Crippen molar-refractivity contribution in [2.45, 2.75) is 36.9 Å². The summed E-state index contributed by atoms with van der Waals surface area (Å²) >= 11 is 0. The minimum absolute atomic E-state index is 1.02. The van der Waals surface area contributed by atoms with Crippen LogP contribution in [0.15, 0.2) is 0 Å². The van der Waals surface area contributed by atoms with Crippen LogP contribution < -0.4 is 11.5 Å². The molecule has 1 rings (SSSR count). The molecule has 1 heterocycles. The van der Waals surface area contributed by atoms with Crippen molar-refractivity contribution in [2.75, 3.05) is 0 Å². The van der Waals surface area contributed by atoms with Crippen LogP contribution in [-0.4, -0.2) is 50.4 Å². The van der Waals surface area contributed by atoms with Crippen LogP contribution in [0.3, 0.4) is 0 Å². The zero-order valence-electron chi connectivity index (χ0n) is 8.93. The highest BCUT2D eigenvalue weighted by atomic mass is 16.7. The van der Waals surface area contributed by atoms with Crippen molar-refractivity contribution in [3.8, 4) is 0 Å². The highest BCUT2D eigenvalue weighted by Crippen LogP contribution is 2.29. The maximum Gasteiger partial charge on any atom is 0.270 e. The van der Waals surface area contributed by atoms with E-state index in [0.29, 0.717) is 0 Å². The number of rotatable bonds is 2. The van der Waals surface area contributed by atoms with Crippen LogP contribution in [0.1, 0.15) is 6.92 Å². The lowest BCUT2D eigenvalue weighted by molar-refractivity contribution is -0.380. The van der Waals surface area contributed by atoms with Gasteiger partial charge in [-0.25, -0.2) is 0 Å². The summed E-state index contributed by atoms with van der Waals surface area (Å²) in [6, 6.07) is 0. The van der Waals surface area contributed by atoms with E-state index in [4.69, 9.17) is 7.56 Å². The van der Waals surface area contributed by atoms with Crippen LogP contribution in [-0.2, 0) is 4.74 Å². The number of hydrogen-bond donors (Lipinski definition) is 6. The molecular weight excluding hydrogens is 180 g/mol. The highest BCUT2D eigenvalue weighted by molar-refractivity contribution is 5.00. The summed E-state index contributed by atoms with van der Waals surface area (Å²) in [7, 11) is 0. The average Bonchev–Trinajstić information content (AvgIpc) is 2.23. The van der Waals surface area contributed by atoms with Gasteiger partial charge >= 0.3 is 0 Å². The van der Waals surface area contributed by atoms with E-state index in [-0.39, 0.29) is 0 Å². The first-order chi connectivity index (χ1) is 6.82. The molecule has 0 aliphatic carbocycles. The second-order valence-corrected chi connectivity index (χ2v) is 3.17. The fourth-order valence-electron chi connectivity index (χ4n) is 1.13. The quantitative estimate of drug-likeness (QED) is 0.250. The molecule has 8 N–H and O–H groups in total. The number of ether oxygens (including phenoxy) is 1. The largest absolute Gasteiger partial charge is 0.388 e. The molecule has 7 heteroatoms. The van der Waals surface area contributed by atoms with Crippen LogP contribution >= 0.6 is 0 Å². The van der Waals surface area contributed by atoms with E-state index >= 15 is 0 Å². The van der Waals surface area contributed by atoms with E-state index in [1.165, 1.54) is 18.4 Å². The number of aliphatic hydroxyl groups excluding tert-OH is 2. The zero-order valence-corrected chi connectivity index (χ0v) is 6.93. The Bertz CT molecular complexity index is 248. The van der Waals surface area contributed by atoms with Crippen molar-refractivity contribution in [1.82, 2.24) is 0 Å². The predicted molar refractivity (Wildman–Crippen MR) is 40.8 cm³/mol. The smallest absolute Gasteiger partial charge is 0.270 e. The predicted octanol–water partition coefficient (Wildman–Crippen LogP) is -3.62. The topological polar surface area (TPSA) is 142 Å². The van der Waals surface area contributed by atoms with Crippen molar-refractivity contribution in [3.05, 3.63) is 0 Å². The Kier molecular flexibility index (Phi) is 1.77. The summed E-state index contributed by atoms with van der Waals surface area (Å²) in [5, 5.41) is 38.2. The Morgan fingerprint density at radius 2 is 2.00 bits per heavy atom. The van der Waals surface area contributed by atoms with Crippen molar-refractivity contribution < 1.29 is 28.0 Å². The Morgan fingerprint density at radius 3 is 2.46 bits per heavy atom. The third-order valence-corrected chi connectivity index (χ3v) is 2.11. The average molecular weight is 196 g/mol. The number of nitrogens with two attached hydrogens (primary N) is 2. The molecule has 1 fully saturated rings. The molecular formula is C6H14N2O5. The van der Waals surface area contributed by atoms with E-state index < -0.39 is 29.9 Å². The number of aliphatic hydroxyl groups is 4. The molecule has 78 valence electrons. The van der Waals surface area contributed by atoms with Gasteiger partial charge in [0.25, 0.3) is 5.91 Å². The van der Waals surface area contributed by atoms with Gasteiger partial charge in [-0.3, -0.25) is 11.5 Å². The maximum absolute atomic E-state index is 9.69. The zero-order chi connectivity index (χ0) is 11.9. The molecule has 0 amide bonds. The molecule has 1 saturated heterocycles. The monoisotopic (exact) mass is 196 g/mol. The Balaban J connectivity index is 3.08. The normalized spacial score (nSPS) is 59.9. The fourth-order valence-corrected chi connectivity index (χ4v) is 1.13. The Hall–Kier alpha value is -0.280. The van der Waals surface area contributed by atoms with Gasteiger partial charge in [-0.15, -0.1) is 0 Å². The van der Waals surface area contributed by atoms with Crippen LogP contribution in [0, 0.1) is 0 Å². The molecule has 13 heavy (non-hydrogen) atoms. The second-order valence-electron chi connectivity index (χ2n) is 3.17. The standard InChI is InChI=1S/C6H14N2O5/c1-2-3(9)4(10)5(7,11)6(8,12)13-2/h2-4,9-12H,7-8H2,1H3/t2-,3+,4+,5-,6?/m0/s1/i/hD2. The van der Waals surface area contributed by atoms with Crippen molar-refractivity contribution in [1.29, 1.82) is 0 Å². The van der Waals surface area contributed by atoms with Crippen LogP contribution in [0.2, 0.25) is 2.82 Å². The van der Waals surface area contributed by atoms with Crippen molar-refractivity contribution >= 4 is 0 Å². The molecule has 0 radical (unpaired) electrons.